The summed E-state index contributed by atoms with van der Waals surface area (Å²) in [7, 11) is 0. The second kappa shape index (κ2) is 6.57. The number of aryl methyl sites for hydroxylation is 1. The third-order valence-electron chi connectivity index (χ3n) is 5.04. The van der Waals surface area contributed by atoms with E-state index in [1.807, 2.05) is 0 Å². The summed E-state index contributed by atoms with van der Waals surface area (Å²) in [5.41, 5.74) is 3.70. The summed E-state index contributed by atoms with van der Waals surface area (Å²) in [6.45, 7) is 2.19. The lowest BCUT2D eigenvalue weighted by Crippen LogP contribution is -2.10. The average molecular weight is 366 g/mol. The maximum atomic E-state index is 2.40. The molecule has 1 heterocycles. The van der Waals surface area contributed by atoms with E-state index in [-0.39, 0.29) is 0 Å². The molecule has 4 aromatic carbocycles. The Hall–Kier alpha value is -3.10. The predicted octanol–water partition coefficient (Wildman–Crippen LogP) is 7.83. The van der Waals surface area contributed by atoms with Crippen molar-refractivity contribution in [3.05, 3.63) is 102 Å². The molecule has 0 amide bonds. The smallest absolute Gasteiger partial charge is 0.103 e. The van der Waals surface area contributed by atoms with Gasteiger partial charge in [-0.3, -0.25) is 0 Å². The number of nitrogens with zero attached hydrogens (tertiary/aromatic N) is 1. The lowest BCUT2D eigenvalue weighted by Gasteiger charge is -2.27. The Morgan fingerprint density at radius 3 is 2.07 bits per heavy atom. The Labute approximate surface area is 163 Å². The Morgan fingerprint density at radius 2 is 1.33 bits per heavy atom. The van der Waals surface area contributed by atoms with Crippen molar-refractivity contribution in [3.8, 4) is 0 Å². The number of benzene rings is 4. The van der Waals surface area contributed by atoms with E-state index < -0.39 is 0 Å². The quantitative estimate of drug-likeness (QED) is 0.294. The Bertz CT molecular complexity index is 1240. The molecule has 0 saturated carbocycles. The highest BCUT2D eigenvalue weighted by molar-refractivity contribution is 7.14. The highest BCUT2D eigenvalue weighted by atomic mass is 32.1. The molecule has 1 nitrogen and oxygen atoms in total. The van der Waals surface area contributed by atoms with E-state index in [9.17, 15) is 0 Å². The van der Waals surface area contributed by atoms with Crippen LogP contribution in [-0.4, -0.2) is 0 Å². The molecule has 0 unspecified atom stereocenters. The summed E-state index contributed by atoms with van der Waals surface area (Å²) in [5.74, 6) is 0. The molecule has 0 atom stereocenters. The van der Waals surface area contributed by atoms with Gasteiger partial charge in [0.2, 0.25) is 0 Å². The van der Waals surface area contributed by atoms with E-state index in [0.29, 0.717) is 0 Å². The molecule has 0 aliphatic carbocycles. The van der Waals surface area contributed by atoms with Crippen LogP contribution in [0.15, 0.2) is 96.4 Å². The zero-order chi connectivity index (χ0) is 18.2. The molecule has 0 radical (unpaired) electrons. The molecule has 0 spiro atoms. The third kappa shape index (κ3) is 2.70. The highest BCUT2D eigenvalue weighted by Crippen LogP contribution is 2.44. The van der Waals surface area contributed by atoms with Crippen molar-refractivity contribution in [1.82, 2.24) is 0 Å². The fourth-order valence-corrected chi connectivity index (χ4v) is 4.72. The van der Waals surface area contributed by atoms with Gasteiger partial charge in [0.05, 0.1) is 5.69 Å². The number of anilines is 3. The van der Waals surface area contributed by atoms with E-state index in [0.717, 1.165) is 0 Å². The predicted molar refractivity (Wildman–Crippen MR) is 119 cm³/mol. The van der Waals surface area contributed by atoms with Gasteiger partial charge in [-0.1, -0.05) is 66.7 Å². The summed E-state index contributed by atoms with van der Waals surface area (Å²) in [6, 6.07) is 32.5. The van der Waals surface area contributed by atoms with E-state index in [1.165, 1.54) is 43.5 Å². The molecule has 0 fully saturated rings. The van der Waals surface area contributed by atoms with Gasteiger partial charge in [0.1, 0.15) is 5.00 Å². The molecule has 2 heteroatoms. The number of fused-ring (bicyclic) bond motifs is 3. The van der Waals surface area contributed by atoms with E-state index in [2.05, 4.69) is 108 Å². The molecule has 0 N–H and O–H groups in total. The second-order valence-electron chi connectivity index (χ2n) is 6.74. The molecule has 0 aliphatic heterocycles. The summed E-state index contributed by atoms with van der Waals surface area (Å²) < 4.78 is 0. The maximum Gasteiger partial charge on any atom is 0.103 e. The first-order valence-corrected chi connectivity index (χ1v) is 10.0. The van der Waals surface area contributed by atoms with Crippen molar-refractivity contribution in [2.75, 3.05) is 4.90 Å². The van der Waals surface area contributed by atoms with Gasteiger partial charge in [-0.2, -0.15) is 0 Å². The van der Waals surface area contributed by atoms with Gasteiger partial charge in [0, 0.05) is 11.1 Å². The van der Waals surface area contributed by atoms with Gasteiger partial charge in [-0.05, 0) is 58.3 Å². The Balaban J connectivity index is 1.89. The van der Waals surface area contributed by atoms with Gasteiger partial charge in [0.25, 0.3) is 0 Å². The van der Waals surface area contributed by atoms with Crippen LogP contribution in [0.1, 0.15) is 5.56 Å². The first kappa shape index (κ1) is 16.1. The number of thiophene rings is 1. The van der Waals surface area contributed by atoms with Crippen molar-refractivity contribution >= 4 is 49.3 Å². The highest BCUT2D eigenvalue weighted by Gasteiger charge is 2.19. The van der Waals surface area contributed by atoms with E-state index >= 15 is 0 Å². The molecular formula is C25H19NS. The summed E-state index contributed by atoms with van der Waals surface area (Å²) >= 11 is 1.79. The third-order valence-corrected chi connectivity index (χ3v) is 6.04. The summed E-state index contributed by atoms with van der Waals surface area (Å²) in [5, 5.41) is 8.56. The molecule has 0 bridgehead atoms. The van der Waals surface area contributed by atoms with E-state index in [1.54, 1.807) is 11.3 Å². The molecular weight excluding hydrogens is 346 g/mol. The van der Waals surface area contributed by atoms with Gasteiger partial charge in [-0.15, -0.1) is 11.3 Å². The lowest BCUT2D eigenvalue weighted by molar-refractivity contribution is 1.31. The fraction of sp³-hybridized carbons (Fsp3) is 0.0400. The maximum absolute atomic E-state index is 2.40. The van der Waals surface area contributed by atoms with Crippen molar-refractivity contribution in [3.63, 3.8) is 0 Å². The van der Waals surface area contributed by atoms with Gasteiger partial charge in [0.15, 0.2) is 0 Å². The number of rotatable bonds is 3. The summed E-state index contributed by atoms with van der Waals surface area (Å²) in [4.78, 5) is 2.40. The molecule has 5 rings (SSSR count). The van der Waals surface area contributed by atoms with Crippen LogP contribution >= 0.6 is 11.3 Å². The topological polar surface area (TPSA) is 3.24 Å². The second-order valence-corrected chi connectivity index (χ2v) is 7.64. The first-order valence-electron chi connectivity index (χ1n) is 9.13. The van der Waals surface area contributed by atoms with Crippen LogP contribution in [0.25, 0.3) is 21.5 Å². The van der Waals surface area contributed by atoms with Crippen molar-refractivity contribution in [2.24, 2.45) is 0 Å². The first-order chi connectivity index (χ1) is 13.3. The van der Waals surface area contributed by atoms with Crippen LogP contribution < -0.4 is 4.90 Å². The monoisotopic (exact) mass is 365 g/mol. The standard InChI is InChI=1S/C25H19NS/c1-18-15-16-27-25(18)26(20-10-3-2-4-11-20)24-17-19-9-5-6-12-21(19)22-13-7-8-14-23(22)24/h2-17H,1H3. The SMILES string of the molecule is Cc1ccsc1N(c1ccccc1)c1cc2ccccc2c2ccccc12. The van der Waals surface area contributed by atoms with Crippen LogP contribution in [0, 0.1) is 6.92 Å². The molecule has 0 aliphatic rings. The van der Waals surface area contributed by atoms with Crippen LogP contribution in [0.3, 0.4) is 0 Å². The van der Waals surface area contributed by atoms with Crippen LogP contribution in [0.4, 0.5) is 16.4 Å². The normalized spacial score (nSPS) is 11.1. The fourth-order valence-electron chi connectivity index (χ4n) is 3.76. The van der Waals surface area contributed by atoms with Gasteiger partial charge in [-0.25, -0.2) is 0 Å². The van der Waals surface area contributed by atoms with Crippen LogP contribution in [0.2, 0.25) is 0 Å². The number of para-hydroxylation sites is 1. The number of hydrogen-bond acceptors (Lipinski definition) is 2. The van der Waals surface area contributed by atoms with Crippen LogP contribution in [-0.2, 0) is 0 Å². The molecule has 130 valence electrons. The minimum atomic E-state index is 1.18. The zero-order valence-electron chi connectivity index (χ0n) is 15.1. The van der Waals surface area contributed by atoms with Gasteiger partial charge < -0.3 is 4.90 Å². The average Bonchev–Trinajstić information content (AvgIpc) is 3.15. The summed E-state index contributed by atoms with van der Waals surface area (Å²) in [6.07, 6.45) is 0. The zero-order valence-corrected chi connectivity index (χ0v) is 15.9. The van der Waals surface area contributed by atoms with Crippen molar-refractivity contribution in [2.45, 2.75) is 6.92 Å². The number of hydrogen-bond donors (Lipinski definition) is 0. The molecule has 0 saturated heterocycles. The molecule has 5 aromatic rings. The minimum absolute atomic E-state index is 1.18. The largest absolute Gasteiger partial charge is 0.301 e. The van der Waals surface area contributed by atoms with Crippen LogP contribution in [0.5, 0.6) is 0 Å². The minimum Gasteiger partial charge on any atom is -0.301 e. The molecule has 27 heavy (non-hydrogen) atoms. The Morgan fingerprint density at radius 1 is 0.667 bits per heavy atom. The van der Waals surface area contributed by atoms with Crippen molar-refractivity contribution < 1.29 is 0 Å². The van der Waals surface area contributed by atoms with Crippen molar-refractivity contribution in [1.29, 1.82) is 0 Å². The Kier molecular flexibility index (Phi) is 3.92. The lowest BCUT2D eigenvalue weighted by atomic mass is 9.99. The van der Waals surface area contributed by atoms with Gasteiger partial charge >= 0.3 is 0 Å². The van der Waals surface area contributed by atoms with E-state index in [4.69, 9.17) is 0 Å². The molecule has 1 aromatic heterocycles.